The van der Waals surface area contributed by atoms with E-state index in [2.05, 4.69) is 50.6 Å². The summed E-state index contributed by atoms with van der Waals surface area (Å²) in [5.74, 6) is 5.16. The van der Waals surface area contributed by atoms with Crippen molar-refractivity contribution in [1.29, 1.82) is 0 Å². The first-order chi connectivity index (χ1) is 19.0. The van der Waals surface area contributed by atoms with Crippen LogP contribution in [0, 0.1) is 18.8 Å². The monoisotopic (exact) mass is 533 g/mol. The Kier molecular flexibility index (Phi) is 7.55. The maximum absolute atomic E-state index is 12.7. The summed E-state index contributed by atoms with van der Waals surface area (Å²) in [5.41, 5.74) is 13.3. The van der Waals surface area contributed by atoms with Crippen molar-refractivity contribution in [3.63, 3.8) is 0 Å². The Morgan fingerprint density at radius 3 is 2.64 bits per heavy atom. The summed E-state index contributed by atoms with van der Waals surface area (Å²) in [5, 5.41) is 9.37. The van der Waals surface area contributed by atoms with Crippen LogP contribution in [0.3, 0.4) is 0 Å². The Labute approximate surface area is 230 Å². The number of benzene rings is 3. The molecule has 194 valence electrons. The first-order valence-corrected chi connectivity index (χ1v) is 13.3. The molecule has 0 fully saturated rings. The molecule has 0 spiro atoms. The Bertz CT molecular complexity index is 1740. The van der Waals surface area contributed by atoms with E-state index >= 15 is 0 Å². The fraction of sp³-hybridized carbons (Fsp3) is 0.129. The number of H-pyrrole nitrogens is 1. The smallest absolute Gasteiger partial charge is 0.284 e. The van der Waals surface area contributed by atoms with E-state index in [1.165, 1.54) is 11.3 Å². The summed E-state index contributed by atoms with van der Waals surface area (Å²) in [6, 6.07) is 19.6. The molecule has 0 saturated carbocycles. The lowest BCUT2D eigenvalue weighted by Crippen LogP contribution is -2.13. The van der Waals surface area contributed by atoms with E-state index in [1.807, 2.05) is 50.2 Å². The van der Waals surface area contributed by atoms with Crippen molar-refractivity contribution in [3.8, 4) is 34.2 Å². The van der Waals surface area contributed by atoms with E-state index in [4.69, 9.17) is 5.73 Å². The summed E-state index contributed by atoms with van der Waals surface area (Å²) >= 11 is 1.29. The van der Waals surface area contributed by atoms with Crippen molar-refractivity contribution in [1.82, 2.24) is 15.3 Å². The highest BCUT2D eigenvalue weighted by Crippen LogP contribution is 2.38. The zero-order valence-electron chi connectivity index (χ0n) is 21.6. The zero-order chi connectivity index (χ0) is 27.4. The molecule has 7 nitrogen and oxygen atoms in total. The Morgan fingerprint density at radius 1 is 1.05 bits per heavy atom. The summed E-state index contributed by atoms with van der Waals surface area (Å²) < 4.78 is 0. The second-order valence-electron chi connectivity index (χ2n) is 8.95. The molecule has 0 saturated heterocycles. The molecule has 3 aromatic carbocycles. The summed E-state index contributed by atoms with van der Waals surface area (Å²) in [6.07, 6.45) is 1.61. The number of hydrogen-bond donors (Lipinski definition) is 4. The van der Waals surface area contributed by atoms with Crippen LogP contribution < -0.4 is 16.4 Å². The number of carbonyl (C=O) groups excluding carboxylic acids is 2. The van der Waals surface area contributed by atoms with Crippen LogP contribution in [0.4, 0.5) is 5.69 Å². The largest absolute Gasteiger partial charge is 0.366 e. The van der Waals surface area contributed by atoms with Crippen LogP contribution >= 0.6 is 11.3 Å². The molecule has 0 aliphatic rings. The van der Waals surface area contributed by atoms with Crippen LogP contribution in [-0.4, -0.2) is 28.3 Å². The van der Waals surface area contributed by atoms with Gasteiger partial charge in [-0.25, -0.2) is 4.98 Å². The zero-order valence-corrected chi connectivity index (χ0v) is 22.4. The molecular weight excluding hydrogens is 506 g/mol. The lowest BCUT2D eigenvalue weighted by atomic mass is 9.94. The maximum Gasteiger partial charge on any atom is 0.284 e. The number of thiazole rings is 1. The molecule has 5 rings (SSSR count). The first-order valence-electron chi connectivity index (χ1n) is 12.4. The number of nitrogens with two attached hydrogens (primary N) is 1. The number of aromatic amines is 1. The van der Waals surface area contributed by atoms with E-state index in [9.17, 15) is 9.59 Å². The quantitative estimate of drug-likeness (QED) is 0.151. The number of aromatic nitrogens is 2. The molecule has 5 N–H and O–H groups in total. The van der Waals surface area contributed by atoms with Gasteiger partial charge >= 0.3 is 0 Å². The van der Waals surface area contributed by atoms with Crippen molar-refractivity contribution < 1.29 is 9.59 Å². The highest BCUT2D eigenvalue weighted by atomic mass is 32.1. The summed E-state index contributed by atoms with van der Waals surface area (Å²) in [6.45, 7) is 5.03. The third-order valence-electron chi connectivity index (χ3n) is 6.57. The number of nitrogens with zero attached hydrogens (tertiary/aromatic N) is 1. The molecule has 0 unspecified atom stereocenters. The van der Waals surface area contributed by atoms with E-state index < -0.39 is 5.91 Å². The van der Waals surface area contributed by atoms with Gasteiger partial charge < -0.3 is 21.4 Å². The first kappa shape index (κ1) is 25.9. The maximum atomic E-state index is 12.7. The number of nitrogens with one attached hydrogen (secondary N) is 3. The predicted octanol–water partition coefficient (Wildman–Crippen LogP) is 5.73. The summed E-state index contributed by atoms with van der Waals surface area (Å²) in [4.78, 5) is 32.6. The molecule has 0 atom stereocenters. The van der Waals surface area contributed by atoms with Crippen LogP contribution in [0.25, 0.3) is 33.3 Å². The number of hydrogen-bond acceptors (Lipinski definition) is 5. The highest BCUT2D eigenvalue weighted by Gasteiger charge is 2.19. The van der Waals surface area contributed by atoms with Crippen LogP contribution in [-0.2, 0) is 6.54 Å². The number of primary amides is 1. The third-order valence-corrected chi connectivity index (χ3v) is 7.34. The van der Waals surface area contributed by atoms with Crippen molar-refractivity contribution in [2.24, 2.45) is 5.73 Å². The summed E-state index contributed by atoms with van der Waals surface area (Å²) in [7, 11) is 0. The molecule has 0 aliphatic heterocycles. The van der Waals surface area contributed by atoms with E-state index in [0.717, 1.165) is 38.9 Å². The molecule has 0 bridgehead atoms. The lowest BCUT2D eigenvalue weighted by Gasteiger charge is -2.14. The minimum atomic E-state index is -0.505. The standard InChI is InChI=1S/C31H27N5O2S/c1-3-4-14-33-18-20-8-5-6-9-22(20)27-17-25-23(12-13-24(29(32)37)28(25)35-27)21-10-7-11-26(19(21)2)36-30(38)31-34-15-16-39-31/h5-13,15-17,33,35H,14,18H2,1-2H3,(H2,32,37)(H,36,38). The molecule has 2 aromatic heterocycles. The Morgan fingerprint density at radius 2 is 1.87 bits per heavy atom. The number of carbonyl (C=O) groups is 2. The van der Waals surface area contributed by atoms with Gasteiger partial charge in [0.1, 0.15) is 0 Å². The topological polar surface area (TPSA) is 113 Å². The van der Waals surface area contributed by atoms with Gasteiger partial charge in [0.2, 0.25) is 0 Å². The number of anilines is 1. The van der Waals surface area contributed by atoms with Gasteiger partial charge in [-0.2, -0.15) is 0 Å². The van der Waals surface area contributed by atoms with Gasteiger partial charge in [0, 0.05) is 40.5 Å². The second kappa shape index (κ2) is 11.4. The average Bonchev–Trinajstić information content (AvgIpc) is 3.63. The fourth-order valence-electron chi connectivity index (χ4n) is 4.66. The van der Waals surface area contributed by atoms with E-state index in [0.29, 0.717) is 34.9 Å². The van der Waals surface area contributed by atoms with Gasteiger partial charge in [-0.1, -0.05) is 48.4 Å². The molecular formula is C31H27N5O2S. The number of rotatable bonds is 8. The predicted molar refractivity (Wildman–Crippen MR) is 158 cm³/mol. The van der Waals surface area contributed by atoms with Crippen molar-refractivity contribution in [2.45, 2.75) is 20.4 Å². The van der Waals surface area contributed by atoms with Crippen LogP contribution in [0.1, 0.15) is 38.2 Å². The van der Waals surface area contributed by atoms with E-state index in [1.54, 1.807) is 17.6 Å². The SMILES string of the molecule is CC#CCNCc1ccccc1-c1cc2c(-c3cccc(NC(=O)c4nccs4)c3C)ccc(C(N)=O)c2[nH]1. The average molecular weight is 534 g/mol. The second-order valence-corrected chi connectivity index (χ2v) is 9.85. The van der Waals surface area contributed by atoms with Gasteiger partial charge in [-0.15, -0.1) is 17.3 Å². The fourth-order valence-corrected chi connectivity index (χ4v) is 5.19. The van der Waals surface area contributed by atoms with E-state index in [-0.39, 0.29) is 5.91 Å². The molecule has 5 aromatic rings. The molecule has 2 heterocycles. The normalized spacial score (nSPS) is 10.7. The molecule has 2 amide bonds. The van der Waals surface area contributed by atoms with Gasteiger partial charge in [-0.05, 0) is 54.3 Å². The molecule has 39 heavy (non-hydrogen) atoms. The molecule has 8 heteroatoms. The number of fused-ring (bicyclic) bond motifs is 1. The third kappa shape index (κ3) is 5.32. The Hall–Kier alpha value is -4.71. The van der Waals surface area contributed by atoms with Gasteiger partial charge in [-0.3, -0.25) is 9.59 Å². The highest BCUT2D eigenvalue weighted by molar-refractivity contribution is 7.11. The van der Waals surface area contributed by atoms with Crippen molar-refractivity contribution in [2.75, 3.05) is 11.9 Å². The molecule has 0 aliphatic carbocycles. The number of amides is 2. The lowest BCUT2D eigenvalue weighted by molar-refractivity contribution is 0.0998. The van der Waals surface area contributed by atoms with Crippen molar-refractivity contribution in [3.05, 3.63) is 93.9 Å². The van der Waals surface area contributed by atoms with Crippen LogP contribution in [0.5, 0.6) is 0 Å². The van der Waals surface area contributed by atoms with Gasteiger partial charge in [0.25, 0.3) is 11.8 Å². The van der Waals surface area contributed by atoms with Gasteiger partial charge in [0.15, 0.2) is 5.01 Å². The van der Waals surface area contributed by atoms with Crippen LogP contribution in [0.15, 0.2) is 72.2 Å². The minimum Gasteiger partial charge on any atom is -0.366 e. The Balaban J connectivity index is 1.59. The van der Waals surface area contributed by atoms with Gasteiger partial charge in [0.05, 0.1) is 17.6 Å². The molecule has 0 radical (unpaired) electrons. The minimum absolute atomic E-state index is 0.251. The van der Waals surface area contributed by atoms with Crippen molar-refractivity contribution >= 4 is 39.7 Å². The van der Waals surface area contributed by atoms with Crippen LogP contribution in [0.2, 0.25) is 0 Å².